The summed E-state index contributed by atoms with van der Waals surface area (Å²) in [6.45, 7) is 1.85. The molecule has 0 atom stereocenters. The maximum absolute atomic E-state index is 13.3. The standard InChI is InChI=1S/C17H12F2O2/c1-10-7-8-12-13(9-10)21-17(20)15(16(18)19)14(12)11-5-3-2-4-6-11/h2-9,16H,1H3. The SMILES string of the molecule is Cc1ccc2c(-c3ccccc3)c(C(F)F)c(=O)oc2c1. The van der Waals surface area contributed by atoms with E-state index in [-0.39, 0.29) is 5.56 Å². The van der Waals surface area contributed by atoms with Gasteiger partial charge in [-0.3, -0.25) is 0 Å². The van der Waals surface area contributed by atoms with E-state index in [1.165, 1.54) is 0 Å². The van der Waals surface area contributed by atoms with E-state index in [2.05, 4.69) is 0 Å². The van der Waals surface area contributed by atoms with Gasteiger partial charge in [-0.05, 0) is 24.1 Å². The molecule has 0 aliphatic heterocycles. The van der Waals surface area contributed by atoms with E-state index in [1.54, 1.807) is 42.5 Å². The van der Waals surface area contributed by atoms with Crippen LogP contribution in [-0.4, -0.2) is 0 Å². The molecular weight excluding hydrogens is 274 g/mol. The van der Waals surface area contributed by atoms with E-state index in [1.807, 2.05) is 13.0 Å². The molecule has 0 unspecified atom stereocenters. The Kier molecular flexibility index (Phi) is 3.29. The third kappa shape index (κ3) is 2.33. The molecule has 21 heavy (non-hydrogen) atoms. The first-order valence-electron chi connectivity index (χ1n) is 6.49. The van der Waals surface area contributed by atoms with E-state index in [9.17, 15) is 13.6 Å². The number of aryl methyl sites for hydroxylation is 1. The summed E-state index contributed by atoms with van der Waals surface area (Å²) >= 11 is 0. The highest BCUT2D eigenvalue weighted by Crippen LogP contribution is 2.35. The summed E-state index contributed by atoms with van der Waals surface area (Å²) in [4.78, 5) is 11.9. The second kappa shape index (κ2) is 5.13. The Bertz CT molecular complexity index is 852. The number of halogens is 2. The Hall–Kier alpha value is -2.49. The van der Waals surface area contributed by atoms with Gasteiger partial charge >= 0.3 is 5.63 Å². The molecule has 3 aromatic rings. The fourth-order valence-corrected chi connectivity index (χ4v) is 2.44. The van der Waals surface area contributed by atoms with E-state index in [0.29, 0.717) is 16.5 Å². The largest absolute Gasteiger partial charge is 0.422 e. The highest BCUT2D eigenvalue weighted by molar-refractivity contribution is 5.95. The topological polar surface area (TPSA) is 30.2 Å². The molecular formula is C17H12F2O2. The Morgan fingerprint density at radius 1 is 1.05 bits per heavy atom. The smallest absolute Gasteiger partial charge is 0.345 e. The van der Waals surface area contributed by atoms with Crippen LogP contribution in [0.3, 0.4) is 0 Å². The summed E-state index contributed by atoms with van der Waals surface area (Å²) in [6, 6.07) is 13.9. The average Bonchev–Trinajstić information content (AvgIpc) is 2.46. The Balaban J connectivity index is 2.48. The lowest BCUT2D eigenvalue weighted by Gasteiger charge is -2.11. The molecule has 0 saturated heterocycles. The number of hydrogen-bond acceptors (Lipinski definition) is 2. The van der Waals surface area contributed by atoms with Crippen LogP contribution in [0.2, 0.25) is 0 Å². The molecule has 0 saturated carbocycles. The minimum atomic E-state index is -2.89. The van der Waals surface area contributed by atoms with E-state index >= 15 is 0 Å². The van der Waals surface area contributed by atoms with Crippen LogP contribution in [0.1, 0.15) is 17.6 Å². The van der Waals surface area contributed by atoms with Crippen molar-refractivity contribution in [2.45, 2.75) is 13.3 Å². The molecule has 1 heterocycles. The van der Waals surface area contributed by atoms with Gasteiger partial charge in [0.1, 0.15) is 11.1 Å². The first-order chi connectivity index (χ1) is 10.1. The van der Waals surface area contributed by atoms with Gasteiger partial charge in [0.25, 0.3) is 6.43 Å². The quantitative estimate of drug-likeness (QED) is 0.639. The third-order valence-electron chi connectivity index (χ3n) is 3.38. The normalized spacial score (nSPS) is 11.2. The number of hydrogen-bond donors (Lipinski definition) is 0. The van der Waals surface area contributed by atoms with Gasteiger partial charge in [0.05, 0.1) is 0 Å². The molecule has 0 N–H and O–H groups in total. The maximum Gasteiger partial charge on any atom is 0.345 e. The van der Waals surface area contributed by atoms with Crippen LogP contribution in [0.4, 0.5) is 8.78 Å². The lowest BCUT2D eigenvalue weighted by atomic mass is 9.96. The van der Waals surface area contributed by atoms with Gasteiger partial charge < -0.3 is 4.42 Å². The lowest BCUT2D eigenvalue weighted by molar-refractivity contribution is 0.147. The molecule has 2 aromatic carbocycles. The Morgan fingerprint density at radius 3 is 2.43 bits per heavy atom. The van der Waals surface area contributed by atoms with Crippen LogP contribution >= 0.6 is 0 Å². The fraction of sp³-hybridized carbons (Fsp3) is 0.118. The van der Waals surface area contributed by atoms with Crippen LogP contribution in [0, 0.1) is 6.92 Å². The molecule has 0 spiro atoms. The zero-order chi connectivity index (χ0) is 15.0. The van der Waals surface area contributed by atoms with Gasteiger partial charge in [-0.2, -0.15) is 0 Å². The molecule has 0 aliphatic rings. The number of fused-ring (bicyclic) bond motifs is 1. The maximum atomic E-state index is 13.3. The number of benzene rings is 2. The van der Waals surface area contributed by atoms with Crippen LogP contribution < -0.4 is 5.63 Å². The molecule has 0 aliphatic carbocycles. The molecule has 4 heteroatoms. The van der Waals surface area contributed by atoms with Crippen LogP contribution in [-0.2, 0) is 0 Å². The van der Waals surface area contributed by atoms with Crippen molar-refractivity contribution in [2.24, 2.45) is 0 Å². The molecule has 1 aromatic heterocycles. The van der Waals surface area contributed by atoms with Crippen molar-refractivity contribution in [1.82, 2.24) is 0 Å². The van der Waals surface area contributed by atoms with Gasteiger partial charge in [-0.1, -0.05) is 42.5 Å². The van der Waals surface area contributed by atoms with Gasteiger partial charge in [0.15, 0.2) is 0 Å². The average molecular weight is 286 g/mol. The van der Waals surface area contributed by atoms with Crippen molar-refractivity contribution in [2.75, 3.05) is 0 Å². The van der Waals surface area contributed by atoms with Crippen molar-refractivity contribution in [3.8, 4) is 11.1 Å². The number of rotatable bonds is 2. The zero-order valence-electron chi connectivity index (χ0n) is 11.3. The summed E-state index contributed by atoms with van der Waals surface area (Å²) in [6.07, 6.45) is -2.89. The second-order valence-corrected chi connectivity index (χ2v) is 4.84. The molecule has 106 valence electrons. The monoisotopic (exact) mass is 286 g/mol. The fourth-order valence-electron chi connectivity index (χ4n) is 2.44. The molecule has 0 amide bonds. The summed E-state index contributed by atoms with van der Waals surface area (Å²) in [5, 5.41) is 0.515. The summed E-state index contributed by atoms with van der Waals surface area (Å²) in [7, 11) is 0. The minimum absolute atomic E-state index is 0.247. The van der Waals surface area contributed by atoms with Crippen molar-refractivity contribution in [3.63, 3.8) is 0 Å². The van der Waals surface area contributed by atoms with E-state index in [4.69, 9.17) is 4.42 Å². The zero-order valence-corrected chi connectivity index (χ0v) is 11.3. The van der Waals surface area contributed by atoms with Crippen LogP contribution in [0.5, 0.6) is 0 Å². The van der Waals surface area contributed by atoms with Gasteiger partial charge in [0.2, 0.25) is 0 Å². The van der Waals surface area contributed by atoms with Crippen LogP contribution in [0.25, 0.3) is 22.1 Å². The molecule has 3 rings (SSSR count). The van der Waals surface area contributed by atoms with Gasteiger partial charge in [-0.25, -0.2) is 13.6 Å². The second-order valence-electron chi connectivity index (χ2n) is 4.84. The molecule has 0 radical (unpaired) electrons. The first-order valence-corrected chi connectivity index (χ1v) is 6.49. The highest BCUT2D eigenvalue weighted by atomic mass is 19.3. The van der Waals surface area contributed by atoms with Crippen molar-refractivity contribution >= 4 is 11.0 Å². The summed E-state index contributed by atoms with van der Waals surface area (Å²) < 4.78 is 31.7. The van der Waals surface area contributed by atoms with E-state index < -0.39 is 17.6 Å². The lowest BCUT2D eigenvalue weighted by Crippen LogP contribution is -2.10. The molecule has 0 fully saturated rings. The molecule has 2 nitrogen and oxygen atoms in total. The van der Waals surface area contributed by atoms with Crippen molar-refractivity contribution in [1.29, 1.82) is 0 Å². The van der Waals surface area contributed by atoms with Crippen molar-refractivity contribution in [3.05, 3.63) is 70.1 Å². The highest BCUT2D eigenvalue weighted by Gasteiger charge is 2.23. The van der Waals surface area contributed by atoms with Gasteiger partial charge in [-0.15, -0.1) is 0 Å². The predicted molar refractivity (Wildman–Crippen MR) is 77.6 cm³/mol. The van der Waals surface area contributed by atoms with Crippen LogP contribution in [0.15, 0.2) is 57.7 Å². The molecule has 0 bridgehead atoms. The predicted octanol–water partition coefficient (Wildman–Crippen LogP) is 4.71. The Labute approximate surface area is 119 Å². The summed E-state index contributed by atoms with van der Waals surface area (Å²) in [5.74, 6) is 0. The first kappa shape index (κ1) is 13.5. The van der Waals surface area contributed by atoms with Crippen molar-refractivity contribution < 1.29 is 13.2 Å². The van der Waals surface area contributed by atoms with Gasteiger partial charge in [0, 0.05) is 10.9 Å². The third-order valence-corrected chi connectivity index (χ3v) is 3.38. The number of alkyl halides is 2. The minimum Gasteiger partial charge on any atom is -0.422 e. The van der Waals surface area contributed by atoms with E-state index in [0.717, 1.165) is 5.56 Å². The Morgan fingerprint density at radius 2 is 1.76 bits per heavy atom. The summed E-state index contributed by atoms with van der Waals surface area (Å²) in [5.41, 5.74) is 0.476.